The van der Waals surface area contributed by atoms with Gasteiger partial charge in [0.1, 0.15) is 5.78 Å². The summed E-state index contributed by atoms with van der Waals surface area (Å²) >= 11 is 0. The predicted octanol–water partition coefficient (Wildman–Crippen LogP) is 1.94. The van der Waals surface area contributed by atoms with Gasteiger partial charge in [0.15, 0.2) is 0 Å². The van der Waals surface area contributed by atoms with Crippen LogP contribution in [0.3, 0.4) is 0 Å². The molecule has 4 heteroatoms. The summed E-state index contributed by atoms with van der Waals surface area (Å²) in [6, 6.07) is 0. The average Bonchev–Trinajstić information content (AvgIpc) is 2.45. The molecular formula is C17H28N2O2. The summed E-state index contributed by atoms with van der Waals surface area (Å²) in [6.45, 7) is 5.99. The summed E-state index contributed by atoms with van der Waals surface area (Å²) in [6.07, 6.45) is 6.13. The molecule has 1 saturated carbocycles. The molecule has 2 saturated heterocycles. The molecule has 0 aromatic rings. The van der Waals surface area contributed by atoms with E-state index in [0.29, 0.717) is 17.1 Å². The van der Waals surface area contributed by atoms with Crippen LogP contribution in [0.15, 0.2) is 0 Å². The van der Waals surface area contributed by atoms with Crippen LogP contribution in [-0.2, 0) is 9.59 Å². The molecule has 0 bridgehead atoms. The van der Waals surface area contributed by atoms with E-state index in [1.165, 1.54) is 25.9 Å². The minimum Gasteiger partial charge on any atom is -0.341 e. The number of carbonyl (C=O) groups is 2. The maximum absolute atomic E-state index is 12.6. The lowest BCUT2D eigenvalue weighted by molar-refractivity contribution is -0.152. The van der Waals surface area contributed by atoms with Crippen molar-refractivity contribution in [2.24, 2.45) is 17.3 Å². The van der Waals surface area contributed by atoms with Crippen molar-refractivity contribution in [3.05, 3.63) is 0 Å². The summed E-state index contributed by atoms with van der Waals surface area (Å²) in [5.74, 6) is 1.06. The minimum atomic E-state index is 0.184. The zero-order valence-electron chi connectivity index (χ0n) is 13.4. The molecule has 1 amide bonds. The third-order valence-electron chi connectivity index (χ3n) is 6.06. The molecule has 1 aliphatic carbocycles. The van der Waals surface area contributed by atoms with E-state index in [1.54, 1.807) is 6.92 Å². The zero-order valence-corrected chi connectivity index (χ0v) is 13.4. The predicted molar refractivity (Wildman–Crippen MR) is 81.9 cm³/mol. The number of hydrogen-bond acceptors (Lipinski definition) is 3. The van der Waals surface area contributed by atoms with Crippen LogP contribution in [0.5, 0.6) is 0 Å². The topological polar surface area (TPSA) is 40.6 Å². The third-order valence-corrected chi connectivity index (χ3v) is 6.06. The highest BCUT2D eigenvalue weighted by molar-refractivity contribution is 5.81. The highest BCUT2D eigenvalue weighted by Crippen LogP contribution is 2.42. The van der Waals surface area contributed by atoms with Gasteiger partial charge in [-0.1, -0.05) is 0 Å². The monoisotopic (exact) mass is 292 g/mol. The fourth-order valence-corrected chi connectivity index (χ4v) is 4.33. The van der Waals surface area contributed by atoms with Gasteiger partial charge >= 0.3 is 0 Å². The van der Waals surface area contributed by atoms with E-state index in [2.05, 4.69) is 16.8 Å². The number of carbonyl (C=O) groups excluding carboxylic acids is 2. The fraction of sp³-hybridized carbons (Fsp3) is 0.882. The molecule has 3 fully saturated rings. The minimum absolute atomic E-state index is 0.184. The highest BCUT2D eigenvalue weighted by Gasteiger charge is 2.47. The first-order chi connectivity index (χ1) is 9.99. The Bertz CT molecular complexity index is 411. The molecule has 3 aliphatic rings. The molecule has 0 aromatic carbocycles. The summed E-state index contributed by atoms with van der Waals surface area (Å²) < 4.78 is 0. The van der Waals surface area contributed by atoms with Crippen molar-refractivity contribution in [2.75, 3.05) is 33.2 Å². The fourth-order valence-electron chi connectivity index (χ4n) is 4.33. The number of hydrogen-bond donors (Lipinski definition) is 0. The Morgan fingerprint density at radius 1 is 0.952 bits per heavy atom. The van der Waals surface area contributed by atoms with Crippen LogP contribution in [0.2, 0.25) is 0 Å². The molecule has 4 nitrogen and oxygen atoms in total. The molecule has 3 rings (SSSR count). The molecule has 2 heterocycles. The molecule has 0 N–H and O–H groups in total. The van der Waals surface area contributed by atoms with Gasteiger partial charge in [-0.3, -0.25) is 9.59 Å². The van der Waals surface area contributed by atoms with Gasteiger partial charge in [0.2, 0.25) is 5.91 Å². The van der Waals surface area contributed by atoms with E-state index >= 15 is 0 Å². The Balaban J connectivity index is 1.47. The summed E-state index contributed by atoms with van der Waals surface area (Å²) in [4.78, 5) is 28.5. The zero-order chi connectivity index (χ0) is 15.0. The second kappa shape index (κ2) is 5.71. The van der Waals surface area contributed by atoms with Crippen molar-refractivity contribution in [1.29, 1.82) is 0 Å². The first-order valence-corrected chi connectivity index (χ1v) is 8.47. The Morgan fingerprint density at radius 2 is 1.48 bits per heavy atom. The lowest BCUT2D eigenvalue weighted by Crippen LogP contribution is -2.62. The maximum atomic E-state index is 12.6. The van der Waals surface area contributed by atoms with Gasteiger partial charge in [-0.15, -0.1) is 0 Å². The van der Waals surface area contributed by atoms with Crippen molar-refractivity contribution in [2.45, 2.75) is 45.4 Å². The SMILES string of the molecule is CC(=O)C1CCC(C(=O)N2CC3(CCN(C)CC3)C2)CC1. The molecular weight excluding hydrogens is 264 g/mol. The summed E-state index contributed by atoms with van der Waals surface area (Å²) in [5, 5.41) is 0. The van der Waals surface area contributed by atoms with E-state index in [4.69, 9.17) is 0 Å². The van der Waals surface area contributed by atoms with Crippen LogP contribution < -0.4 is 0 Å². The smallest absolute Gasteiger partial charge is 0.225 e. The third kappa shape index (κ3) is 3.01. The molecule has 0 unspecified atom stereocenters. The van der Waals surface area contributed by atoms with E-state index in [-0.39, 0.29) is 11.8 Å². The Kier molecular flexibility index (Phi) is 4.08. The van der Waals surface area contributed by atoms with Crippen molar-refractivity contribution < 1.29 is 9.59 Å². The van der Waals surface area contributed by atoms with E-state index in [0.717, 1.165) is 38.8 Å². The van der Waals surface area contributed by atoms with Crippen molar-refractivity contribution in [3.63, 3.8) is 0 Å². The standard InChI is InChI=1S/C17H28N2O2/c1-13(20)14-3-5-15(6-4-14)16(21)19-11-17(12-19)7-9-18(2)10-8-17/h14-15H,3-12H2,1-2H3. The highest BCUT2D eigenvalue weighted by atomic mass is 16.2. The van der Waals surface area contributed by atoms with Crippen molar-refractivity contribution in [3.8, 4) is 0 Å². The molecule has 1 spiro atoms. The van der Waals surface area contributed by atoms with Gasteiger partial charge in [-0.05, 0) is 65.6 Å². The van der Waals surface area contributed by atoms with Crippen LogP contribution in [0.1, 0.15) is 45.4 Å². The second-order valence-electron chi connectivity index (χ2n) is 7.66. The molecule has 0 atom stereocenters. The van der Waals surface area contributed by atoms with Gasteiger partial charge in [-0.25, -0.2) is 0 Å². The molecule has 2 aliphatic heterocycles. The summed E-state index contributed by atoms with van der Waals surface area (Å²) in [5.41, 5.74) is 0.429. The van der Waals surface area contributed by atoms with E-state index in [1.807, 2.05) is 0 Å². The average molecular weight is 292 g/mol. The van der Waals surface area contributed by atoms with E-state index in [9.17, 15) is 9.59 Å². The normalized spacial score (nSPS) is 32.8. The Morgan fingerprint density at radius 3 is 2.00 bits per heavy atom. The van der Waals surface area contributed by atoms with Gasteiger partial charge in [-0.2, -0.15) is 0 Å². The first-order valence-electron chi connectivity index (χ1n) is 8.47. The molecule has 118 valence electrons. The largest absolute Gasteiger partial charge is 0.341 e. The lowest BCUT2D eigenvalue weighted by atomic mass is 9.71. The van der Waals surface area contributed by atoms with E-state index < -0.39 is 0 Å². The quantitative estimate of drug-likeness (QED) is 0.781. The first kappa shape index (κ1) is 15.0. The lowest BCUT2D eigenvalue weighted by Gasteiger charge is -2.54. The van der Waals surface area contributed by atoms with Gasteiger partial charge in [0.05, 0.1) is 0 Å². The second-order valence-corrected chi connectivity index (χ2v) is 7.66. The van der Waals surface area contributed by atoms with Crippen LogP contribution in [0.4, 0.5) is 0 Å². The van der Waals surface area contributed by atoms with Crippen LogP contribution in [-0.4, -0.2) is 54.7 Å². The van der Waals surface area contributed by atoms with Gasteiger partial charge < -0.3 is 9.80 Å². The molecule has 0 radical (unpaired) electrons. The summed E-state index contributed by atoms with van der Waals surface area (Å²) in [7, 11) is 2.18. The molecule has 21 heavy (non-hydrogen) atoms. The Hall–Kier alpha value is -0.900. The van der Waals surface area contributed by atoms with Gasteiger partial charge in [0.25, 0.3) is 0 Å². The number of likely N-dealkylation sites (tertiary alicyclic amines) is 2. The number of piperidine rings is 1. The van der Waals surface area contributed by atoms with Crippen molar-refractivity contribution in [1.82, 2.24) is 9.80 Å². The van der Waals surface area contributed by atoms with Gasteiger partial charge in [0, 0.05) is 30.3 Å². The number of Topliss-reactive ketones (excluding diaryl/α,β-unsaturated/α-hetero) is 1. The number of amides is 1. The maximum Gasteiger partial charge on any atom is 0.225 e. The van der Waals surface area contributed by atoms with Crippen LogP contribution >= 0.6 is 0 Å². The van der Waals surface area contributed by atoms with Crippen LogP contribution in [0.25, 0.3) is 0 Å². The molecule has 0 aromatic heterocycles. The van der Waals surface area contributed by atoms with Crippen LogP contribution in [0, 0.1) is 17.3 Å². The Labute approximate surface area is 127 Å². The van der Waals surface area contributed by atoms with Crippen molar-refractivity contribution >= 4 is 11.7 Å². The number of nitrogens with zero attached hydrogens (tertiary/aromatic N) is 2. The number of ketones is 1. The number of rotatable bonds is 2.